The first-order chi connectivity index (χ1) is 8.49. The van der Waals surface area contributed by atoms with Crippen LogP contribution in [0.1, 0.15) is 18.9 Å². The van der Waals surface area contributed by atoms with Crippen molar-refractivity contribution in [1.29, 1.82) is 0 Å². The highest BCUT2D eigenvalue weighted by atomic mass is 19.2. The maximum Gasteiger partial charge on any atom is 0.224 e. The molecule has 0 fully saturated rings. The molecule has 6 heteroatoms. The Bertz CT molecular complexity index is 434. The van der Waals surface area contributed by atoms with Crippen LogP contribution in [0.3, 0.4) is 0 Å². The van der Waals surface area contributed by atoms with Crippen molar-refractivity contribution in [3.63, 3.8) is 0 Å². The molecule has 18 heavy (non-hydrogen) atoms. The van der Waals surface area contributed by atoms with E-state index in [-0.39, 0.29) is 12.2 Å². The molecular weight excluding hydrogens is 247 g/mol. The van der Waals surface area contributed by atoms with Crippen molar-refractivity contribution >= 4 is 5.91 Å². The fraction of sp³-hybridized carbons (Fsp3) is 0.417. The second-order valence-electron chi connectivity index (χ2n) is 3.87. The molecule has 0 radical (unpaired) electrons. The third kappa shape index (κ3) is 3.46. The Labute approximate surface area is 103 Å². The molecule has 2 N–H and O–H groups in total. The van der Waals surface area contributed by atoms with Gasteiger partial charge in [-0.05, 0) is 12.5 Å². The number of benzene rings is 1. The molecule has 100 valence electrons. The predicted molar refractivity (Wildman–Crippen MR) is 59.3 cm³/mol. The van der Waals surface area contributed by atoms with Crippen LogP contribution in [0.4, 0.5) is 13.2 Å². The van der Waals surface area contributed by atoms with Gasteiger partial charge in [-0.1, -0.05) is 13.0 Å². The summed E-state index contributed by atoms with van der Waals surface area (Å²) in [4.78, 5) is 11.5. The summed E-state index contributed by atoms with van der Waals surface area (Å²) < 4.78 is 38.9. The minimum Gasteiger partial charge on any atom is -0.394 e. The monoisotopic (exact) mass is 261 g/mol. The summed E-state index contributed by atoms with van der Waals surface area (Å²) in [6.45, 7) is 1.53. The van der Waals surface area contributed by atoms with Crippen molar-refractivity contribution in [3.05, 3.63) is 35.1 Å². The number of carbonyl (C=O) groups is 1. The number of hydrogen-bond acceptors (Lipinski definition) is 2. The number of hydrogen-bond donors (Lipinski definition) is 2. The number of aliphatic hydroxyl groups is 1. The summed E-state index contributed by atoms with van der Waals surface area (Å²) in [5, 5.41) is 11.3. The Morgan fingerprint density at radius 3 is 2.56 bits per heavy atom. The van der Waals surface area contributed by atoms with Gasteiger partial charge in [-0.25, -0.2) is 13.2 Å². The SMILES string of the molecule is CCC(CO)NC(=O)Cc1ccc(F)c(F)c1F. The van der Waals surface area contributed by atoms with Gasteiger partial charge in [-0.3, -0.25) is 4.79 Å². The molecule has 1 unspecified atom stereocenters. The van der Waals surface area contributed by atoms with Crippen LogP contribution in [0.25, 0.3) is 0 Å². The molecule has 0 bridgehead atoms. The predicted octanol–water partition coefficient (Wildman–Crippen LogP) is 1.53. The second kappa shape index (κ2) is 6.39. The molecule has 0 aromatic heterocycles. The number of halogens is 3. The summed E-state index contributed by atoms with van der Waals surface area (Å²) in [5.41, 5.74) is -0.223. The second-order valence-corrected chi connectivity index (χ2v) is 3.87. The van der Waals surface area contributed by atoms with Gasteiger partial charge in [0.05, 0.1) is 19.1 Å². The Hall–Kier alpha value is -1.56. The van der Waals surface area contributed by atoms with E-state index >= 15 is 0 Å². The molecule has 0 aliphatic rings. The van der Waals surface area contributed by atoms with E-state index in [1.54, 1.807) is 6.92 Å². The highest BCUT2D eigenvalue weighted by molar-refractivity contribution is 5.78. The number of amides is 1. The van der Waals surface area contributed by atoms with Crippen molar-refractivity contribution in [2.75, 3.05) is 6.61 Å². The minimum absolute atomic E-state index is 0.223. The molecular formula is C12H14F3NO2. The van der Waals surface area contributed by atoms with Crippen LogP contribution in [-0.2, 0) is 11.2 Å². The summed E-state index contributed by atoms with van der Waals surface area (Å²) in [6, 6.07) is 1.36. The highest BCUT2D eigenvalue weighted by Gasteiger charge is 2.17. The zero-order valence-electron chi connectivity index (χ0n) is 9.84. The lowest BCUT2D eigenvalue weighted by molar-refractivity contribution is -0.121. The summed E-state index contributed by atoms with van der Waals surface area (Å²) >= 11 is 0. The zero-order valence-corrected chi connectivity index (χ0v) is 9.84. The topological polar surface area (TPSA) is 49.3 Å². The lowest BCUT2D eigenvalue weighted by Gasteiger charge is -2.14. The van der Waals surface area contributed by atoms with Crippen molar-refractivity contribution in [2.45, 2.75) is 25.8 Å². The lowest BCUT2D eigenvalue weighted by Crippen LogP contribution is -2.38. The van der Waals surface area contributed by atoms with Crippen LogP contribution >= 0.6 is 0 Å². The first-order valence-electron chi connectivity index (χ1n) is 5.52. The number of rotatable bonds is 5. The zero-order chi connectivity index (χ0) is 13.7. The van der Waals surface area contributed by atoms with Gasteiger partial charge in [-0.15, -0.1) is 0 Å². The van der Waals surface area contributed by atoms with Crippen molar-refractivity contribution in [3.8, 4) is 0 Å². The third-order valence-corrected chi connectivity index (χ3v) is 2.54. The van der Waals surface area contributed by atoms with Gasteiger partial charge < -0.3 is 10.4 Å². The number of nitrogens with one attached hydrogen (secondary N) is 1. The maximum absolute atomic E-state index is 13.3. The fourth-order valence-corrected chi connectivity index (χ4v) is 1.43. The van der Waals surface area contributed by atoms with Crippen LogP contribution in [0, 0.1) is 17.5 Å². The molecule has 1 rings (SSSR count). The molecule has 0 saturated heterocycles. The van der Waals surface area contributed by atoms with Gasteiger partial charge in [0.15, 0.2) is 17.5 Å². The van der Waals surface area contributed by atoms with E-state index in [0.29, 0.717) is 6.42 Å². The van der Waals surface area contributed by atoms with E-state index in [9.17, 15) is 18.0 Å². The first kappa shape index (κ1) is 14.5. The van der Waals surface area contributed by atoms with E-state index in [4.69, 9.17) is 5.11 Å². The van der Waals surface area contributed by atoms with Crippen LogP contribution in [0.2, 0.25) is 0 Å². The molecule has 1 aromatic carbocycles. The van der Waals surface area contributed by atoms with Gasteiger partial charge in [0.2, 0.25) is 5.91 Å². The summed E-state index contributed by atoms with van der Waals surface area (Å²) in [6.07, 6.45) is 0.113. The van der Waals surface area contributed by atoms with Crippen LogP contribution in [0.15, 0.2) is 12.1 Å². The summed E-state index contributed by atoms with van der Waals surface area (Å²) in [5.74, 6) is -4.80. The smallest absolute Gasteiger partial charge is 0.224 e. The Balaban J connectivity index is 2.73. The molecule has 1 aromatic rings. The largest absolute Gasteiger partial charge is 0.394 e. The Morgan fingerprint density at radius 2 is 2.00 bits per heavy atom. The Morgan fingerprint density at radius 1 is 1.33 bits per heavy atom. The van der Waals surface area contributed by atoms with E-state index < -0.39 is 35.8 Å². The average molecular weight is 261 g/mol. The van der Waals surface area contributed by atoms with Gasteiger partial charge in [0, 0.05) is 5.56 Å². The Kier molecular flexibility index (Phi) is 5.15. The van der Waals surface area contributed by atoms with E-state index in [2.05, 4.69) is 5.32 Å². The van der Waals surface area contributed by atoms with E-state index in [1.165, 1.54) is 0 Å². The lowest BCUT2D eigenvalue weighted by atomic mass is 10.1. The van der Waals surface area contributed by atoms with Crippen LogP contribution in [-0.4, -0.2) is 23.7 Å². The molecule has 0 aliphatic heterocycles. The van der Waals surface area contributed by atoms with Gasteiger partial charge in [0.25, 0.3) is 0 Å². The molecule has 0 saturated carbocycles. The summed E-state index contributed by atoms with van der Waals surface area (Å²) in [7, 11) is 0. The normalized spacial score (nSPS) is 12.3. The van der Waals surface area contributed by atoms with Crippen molar-refractivity contribution in [2.24, 2.45) is 0 Å². The van der Waals surface area contributed by atoms with Crippen molar-refractivity contribution in [1.82, 2.24) is 5.32 Å². The molecule has 0 heterocycles. The van der Waals surface area contributed by atoms with Gasteiger partial charge >= 0.3 is 0 Å². The standard InChI is InChI=1S/C12H14F3NO2/c1-2-8(6-17)16-10(18)5-7-3-4-9(13)12(15)11(7)14/h3-4,8,17H,2,5-6H2,1H3,(H,16,18). The first-order valence-corrected chi connectivity index (χ1v) is 5.52. The highest BCUT2D eigenvalue weighted by Crippen LogP contribution is 2.15. The molecule has 0 spiro atoms. The van der Waals surface area contributed by atoms with Gasteiger partial charge in [0.1, 0.15) is 0 Å². The average Bonchev–Trinajstić information content (AvgIpc) is 2.36. The fourth-order valence-electron chi connectivity index (χ4n) is 1.43. The minimum atomic E-state index is -1.59. The third-order valence-electron chi connectivity index (χ3n) is 2.54. The molecule has 1 amide bonds. The quantitative estimate of drug-likeness (QED) is 0.790. The number of carbonyl (C=O) groups excluding carboxylic acids is 1. The van der Waals surface area contributed by atoms with E-state index in [1.807, 2.05) is 0 Å². The van der Waals surface area contributed by atoms with Crippen LogP contribution in [0.5, 0.6) is 0 Å². The maximum atomic E-state index is 13.3. The van der Waals surface area contributed by atoms with E-state index in [0.717, 1.165) is 12.1 Å². The van der Waals surface area contributed by atoms with Crippen molar-refractivity contribution < 1.29 is 23.1 Å². The molecule has 1 atom stereocenters. The van der Waals surface area contributed by atoms with Gasteiger partial charge in [-0.2, -0.15) is 0 Å². The number of aliphatic hydroxyl groups excluding tert-OH is 1. The molecule has 3 nitrogen and oxygen atoms in total. The van der Waals surface area contributed by atoms with Crippen LogP contribution < -0.4 is 5.32 Å². The molecule has 0 aliphatic carbocycles.